The Labute approximate surface area is 88.3 Å². The van der Waals surface area contributed by atoms with E-state index in [1.54, 1.807) is 0 Å². The van der Waals surface area contributed by atoms with Crippen molar-refractivity contribution in [3.05, 3.63) is 12.2 Å². The van der Waals surface area contributed by atoms with Crippen LogP contribution in [0.1, 0.15) is 41.0 Å². The van der Waals surface area contributed by atoms with Crippen molar-refractivity contribution >= 4 is 5.71 Å². The number of hydrazone groups is 1. The Morgan fingerprint density at radius 2 is 1.86 bits per heavy atom. The Morgan fingerprint density at radius 3 is 2.14 bits per heavy atom. The molecule has 0 aromatic rings. The first kappa shape index (κ1) is 13.2. The van der Waals surface area contributed by atoms with Gasteiger partial charge in [-0.1, -0.05) is 40.7 Å². The average molecular weight is 196 g/mol. The molecule has 0 saturated heterocycles. The summed E-state index contributed by atoms with van der Waals surface area (Å²) in [4.78, 5) is 0. The fourth-order valence-corrected chi connectivity index (χ4v) is 1.44. The summed E-state index contributed by atoms with van der Waals surface area (Å²) in [5.74, 6) is 7.03. The van der Waals surface area contributed by atoms with Crippen LogP contribution in [0.2, 0.25) is 0 Å². The summed E-state index contributed by atoms with van der Waals surface area (Å²) < 4.78 is 0. The molecule has 0 heterocycles. The first-order valence-electron chi connectivity index (χ1n) is 5.48. The van der Waals surface area contributed by atoms with E-state index >= 15 is 0 Å². The third-order valence-electron chi connectivity index (χ3n) is 2.58. The molecule has 2 nitrogen and oxygen atoms in total. The Kier molecular flexibility index (Phi) is 6.26. The second-order valence-electron chi connectivity index (χ2n) is 4.38. The molecule has 0 aromatic heterocycles. The summed E-state index contributed by atoms with van der Waals surface area (Å²) in [6, 6.07) is 0. The smallest absolute Gasteiger partial charge is 0.0622 e. The molecule has 0 aromatic carbocycles. The van der Waals surface area contributed by atoms with Crippen molar-refractivity contribution < 1.29 is 0 Å². The normalized spacial score (nSPS) is 15.8. The zero-order valence-corrected chi connectivity index (χ0v) is 10.1. The minimum atomic E-state index is 0.404. The third kappa shape index (κ3) is 4.45. The van der Waals surface area contributed by atoms with Gasteiger partial charge in [-0.15, -0.1) is 0 Å². The lowest BCUT2D eigenvalue weighted by Gasteiger charge is -2.14. The predicted octanol–water partition coefficient (Wildman–Crippen LogP) is 3.20. The highest BCUT2D eigenvalue weighted by Gasteiger charge is 2.07. The van der Waals surface area contributed by atoms with Gasteiger partial charge in [0.2, 0.25) is 0 Å². The number of hydrogen-bond acceptors (Lipinski definition) is 2. The molecule has 82 valence electrons. The maximum absolute atomic E-state index is 5.31. The van der Waals surface area contributed by atoms with Crippen molar-refractivity contribution in [2.24, 2.45) is 28.7 Å². The van der Waals surface area contributed by atoms with Gasteiger partial charge in [-0.2, -0.15) is 5.10 Å². The SMILES string of the molecule is CCC(/C=C\C(=N/N)C(C)C)C(C)C. The monoisotopic (exact) mass is 196 g/mol. The van der Waals surface area contributed by atoms with Crippen LogP contribution in [0.3, 0.4) is 0 Å². The lowest BCUT2D eigenvalue weighted by atomic mass is 9.92. The van der Waals surface area contributed by atoms with Crippen LogP contribution in [0.4, 0.5) is 0 Å². The van der Waals surface area contributed by atoms with E-state index in [0.717, 1.165) is 5.71 Å². The predicted molar refractivity (Wildman–Crippen MR) is 64.2 cm³/mol. The number of allylic oxidation sites excluding steroid dienone is 2. The average Bonchev–Trinajstić information content (AvgIpc) is 2.11. The fourth-order valence-electron chi connectivity index (χ4n) is 1.44. The van der Waals surface area contributed by atoms with E-state index in [4.69, 9.17) is 5.84 Å². The van der Waals surface area contributed by atoms with Gasteiger partial charge < -0.3 is 5.84 Å². The molecule has 14 heavy (non-hydrogen) atoms. The van der Waals surface area contributed by atoms with Crippen molar-refractivity contribution in [1.82, 2.24) is 0 Å². The van der Waals surface area contributed by atoms with Crippen LogP contribution in [0.15, 0.2) is 17.3 Å². The second kappa shape index (κ2) is 6.63. The molecular formula is C12H24N2. The van der Waals surface area contributed by atoms with E-state index in [-0.39, 0.29) is 0 Å². The molecule has 0 saturated carbocycles. The molecule has 1 unspecified atom stereocenters. The van der Waals surface area contributed by atoms with Crippen LogP contribution in [0, 0.1) is 17.8 Å². The Balaban J connectivity index is 4.39. The summed E-state index contributed by atoms with van der Waals surface area (Å²) in [5, 5.41) is 3.78. The van der Waals surface area contributed by atoms with E-state index in [9.17, 15) is 0 Å². The summed E-state index contributed by atoms with van der Waals surface area (Å²) in [6.45, 7) is 10.9. The van der Waals surface area contributed by atoms with Gasteiger partial charge in [0.15, 0.2) is 0 Å². The second-order valence-corrected chi connectivity index (χ2v) is 4.38. The Hall–Kier alpha value is -0.790. The highest BCUT2D eigenvalue weighted by molar-refractivity contribution is 5.96. The van der Waals surface area contributed by atoms with Crippen LogP contribution in [0.5, 0.6) is 0 Å². The van der Waals surface area contributed by atoms with Crippen LogP contribution >= 0.6 is 0 Å². The number of rotatable bonds is 5. The highest BCUT2D eigenvalue weighted by atomic mass is 15.1. The molecule has 0 aliphatic carbocycles. The van der Waals surface area contributed by atoms with Crippen molar-refractivity contribution in [3.63, 3.8) is 0 Å². The molecule has 0 aliphatic heterocycles. The number of nitrogens with zero attached hydrogens (tertiary/aromatic N) is 1. The van der Waals surface area contributed by atoms with E-state index in [1.807, 2.05) is 0 Å². The molecule has 2 N–H and O–H groups in total. The minimum Gasteiger partial charge on any atom is -0.323 e. The molecule has 0 spiro atoms. The summed E-state index contributed by atoms with van der Waals surface area (Å²) in [6.07, 6.45) is 5.47. The van der Waals surface area contributed by atoms with E-state index in [2.05, 4.69) is 51.9 Å². The van der Waals surface area contributed by atoms with Gasteiger partial charge in [0, 0.05) is 0 Å². The molecule has 0 radical (unpaired) electrons. The Morgan fingerprint density at radius 1 is 1.29 bits per heavy atom. The van der Waals surface area contributed by atoms with E-state index in [1.165, 1.54) is 6.42 Å². The third-order valence-corrected chi connectivity index (χ3v) is 2.58. The van der Waals surface area contributed by atoms with Crippen LogP contribution in [-0.2, 0) is 0 Å². The molecule has 0 aliphatic rings. The Bertz CT molecular complexity index is 202. The van der Waals surface area contributed by atoms with Gasteiger partial charge in [-0.3, -0.25) is 0 Å². The van der Waals surface area contributed by atoms with Crippen LogP contribution in [-0.4, -0.2) is 5.71 Å². The van der Waals surface area contributed by atoms with Gasteiger partial charge in [-0.05, 0) is 30.3 Å². The van der Waals surface area contributed by atoms with Crippen molar-refractivity contribution in [3.8, 4) is 0 Å². The maximum atomic E-state index is 5.31. The molecular weight excluding hydrogens is 172 g/mol. The van der Waals surface area contributed by atoms with Crippen molar-refractivity contribution in [1.29, 1.82) is 0 Å². The van der Waals surface area contributed by atoms with E-state index in [0.29, 0.717) is 17.8 Å². The molecule has 0 amide bonds. The topological polar surface area (TPSA) is 38.4 Å². The molecule has 0 rings (SSSR count). The maximum Gasteiger partial charge on any atom is 0.0622 e. The lowest BCUT2D eigenvalue weighted by Crippen LogP contribution is -2.09. The molecule has 0 bridgehead atoms. The van der Waals surface area contributed by atoms with Gasteiger partial charge >= 0.3 is 0 Å². The van der Waals surface area contributed by atoms with Crippen LogP contribution in [0.25, 0.3) is 0 Å². The molecule has 2 heteroatoms. The summed E-state index contributed by atoms with van der Waals surface area (Å²) >= 11 is 0. The van der Waals surface area contributed by atoms with Gasteiger partial charge in [0.25, 0.3) is 0 Å². The minimum absolute atomic E-state index is 0.404. The standard InChI is InChI=1S/C12H24N2/c1-6-11(9(2)3)7-8-12(14-13)10(4)5/h7-11H,6,13H2,1-5H3/b8-7-,14-12+. The first-order valence-corrected chi connectivity index (χ1v) is 5.48. The quantitative estimate of drug-likeness (QED) is 0.409. The van der Waals surface area contributed by atoms with Gasteiger partial charge in [0.1, 0.15) is 0 Å². The van der Waals surface area contributed by atoms with Gasteiger partial charge in [-0.25, -0.2) is 0 Å². The zero-order chi connectivity index (χ0) is 11.1. The number of hydrogen-bond donors (Lipinski definition) is 1. The molecule has 1 atom stereocenters. The first-order chi connectivity index (χ1) is 6.52. The van der Waals surface area contributed by atoms with Gasteiger partial charge in [0.05, 0.1) is 5.71 Å². The zero-order valence-electron chi connectivity index (χ0n) is 10.1. The summed E-state index contributed by atoms with van der Waals surface area (Å²) in [7, 11) is 0. The van der Waals surface area contributed by atoms with Crippen LogP contribution < -0.4 is 5.84 Å². The van der Waals surface area contributed by atoms with E-state index < -0.39 is 0 Å². The highest BCUT2D eigenvalue weighted by Crippen LogP contribution is 2.16. The molecule has 0 fully saturated rings. The summed E-state index contributed by atoms with van der Waals surface area (Å²) in [5.41, 5.74) is 0.976. The van der Waals surface area contributed by atoms with Crippen molar-refractivity contribution in [2.45, 2.75) is 41.0 Å². The number of nitrogens with two attached hydrogens (primary N) is 1. The van der Waals surface area contributed by atoms with Crippen molar-refractivity contribution in [2.75, 3.05) is 0 Å². The lowest BCUT2D eigenvalue weighted by molar-refractivity contribution is 0.453. The fraction of sp³-hybridized carbons (Fsp3) is 0.750. The largest absolute Gasteiger partial charge is 0.323 e.